The first-order valence-corrected chi connectivity index (χ1v) is 14.5. The summed E-state index contributed by atoms with van der Waals surface area (Å²) in [6.45, 7) is 4.04. The number of aromatic nitrogens is 4. The number of carboxylic acid groups (broad SMARTS) is 2. The summed E-state index contributed by atoms with van der Waals surface area (Å²) in [5.41, 5.74) is 6.15. The second kappa shape index (κ2) is 14.3. The number of benzene rings is 3. The fourth-order valence-electron chi connectivity index (χ4n) is 4.98. The number of ether oxygens (including phenoxy) is 1. The van der Waals surface area contributed by atoms with Gasteiger partial charge in [-0.2, -0.15) is 5.10 Å². The van der Waals surface area contributed by atoms with Crippen molar-refractivity contribution in [3.8, 4) is 28.1 Å². The summed E-state index contributed by atoms with van der Waals surface area (Å²) in [6.07, 6.45) is 4.86. The fourth-order valence-corrected chi connectivity index (χ4v) is 4.98. The van der Waals surface area contributed by atoms with E-state index < -0.39 is 18.0 Å². The zero-order valence-corrected chi connectivity index (χ0v) is 25.2. The number of carboxylic acids is 2. The van der Waals surface area contributed by atoms with Crippen LogP contribution in [-0.4, -0.2) is 53.1 Å². The molecule has 1 unspecified atom stereocenters. The van der Waals surface area contributed by atoms with Crippen LogP contribution in [0.4, 0.5) is 0 Å². The highest BCUT2D eigenvalue weighted by molar-refractivity contribution is 5.96. The molecule has 10 nitrogen and oxygen atoms in total. The van der Waals surface area contributed by atoms with E-state index in [1.54, 1.807) is 19.3 Å². The first-order valence-electron chi connectivity index (χ1n) is 14.5. The van der Waals surface area contributed by atoms with Gasteiger partial charge in [0, 0.05) is 28.9 Å². The Morgan fingerprint density at radius 1 is 0.826 bits per heavy atom. The third kappa shape index (κ3) is 7.43. The van der Waals surface area contributed by atoms with E-state index >= 15 is 0 Å². The van der Waals surface area contributed by atoms with E-state index in [0.29, 0.717) is 13.2 Å². The Kier molecular flexibility index (Phi) is 9.79. The normalized spacial score (nSPS) is 11.4. The van der Waals surface area contributed by atoms with Gasteiger partial charge in [-0.25, -0.2) is 14.6 Å². The summed E-state index contributed by atoms with van der Waals surface area (Å²) in [7, 11) is 0. The monoisotopic (exact) mass is 616 g/mol. The van der Waals surface area contributed by atoms with E-state index in [4.69, 9.17) is 14.9 Å². The molecule has 0 aliphatic carbocycles. The van der Waals surface area contributed by atoms with Gasteiger partial charge in [0.15, 0.2) is 0 Å². The molecule has 0 aliphatic heterocycles. The minimum Gasteiger partial charge on any atom is -0.487 e. The van der Waals surface area contributed by atoms with Crippen LogP contribution >= 0.6 is 0 Å². The number of pyridine rings is 2. The lowest BCUT2D eigenvalue weighted by Crippen LogP contribution is -2.14. The SMILES string of the molecule is CC(O)Cn1ncc(-c2ccncc2)c1-c1ccc(OCc2ccc3ccccc3n2)cc1.Cc1c(C(=O)O)cccc1C(=O)O. The van der Waals surface area contributed by atoms with Gasteiger partial charge in [-0.3, -0.25) is 9.67 Å². The summed E-state index contributed by atoms with van der Waals surface area (Å²) in [5.74, 6) is -1.46. The van der Waals surface area contributed by atoms with Crippen molar-refractivity contribution in [1.29, 1.82) is 0 Å². The van der Waals surface area contributed by atoms with Crippen molar-refractivity contribution in [2.24, 2.45) is 0 Å². The predicted octanol–water partition coefficient (Wildman–Crippen LogP) is 6.51. The first-order chi connectivity index (χ1) is 22.2. The molecule has 3 aromatic carbocycles. The highest BCUT2D eigenvalue weighted by Crippen LogP contribution is 2.33. The lowest BCUT2D eigenvalue weighted by Gasteiger charge is -2.13. The van der Waals surface area contributed by atoms with Crippen LogP contribution in [0.3, 0.4) is 0 Å². The molecule has 46 heavy (non-hydrogen) atoms. The Morgan fingerprint density at radius 3 is 2.15 bits per heavy atom. The molecule has 0 saturated carbocycles. The van der Waals surface area contributed by atoms with Crippen molar-refractivity contribution in [3.05, 3.63) is 132 Å². The fraction of sp³-hybridized carbons (Fsp3) is 0.139. The van der Waals surface area contributed by atoms with E-state index in [1.165, 1.54) is 25.1 Å². The molecular weight excluding hydrogens is 584 g/mol. The van der Waals surface area contributed by atoms with Crippen LogP contribution in [0.15, 0.2) is 110 Å². The molecule has 0 radical (unpaired) electrons. The molecule has 0 saturated heterocycles. The summed E-state index contributed by atoms with van der Waals surface area (Å²) in [5, 5.41) is 33.0. The number of nitrogens with zero attached hydrogens (tertiary/aromatic N) is 4. The molecule has 0 fully saturated rings. The lowest BCUT2D eigenvalue weighted by molar-refractivity contribution is 0.0696. The Labute approximate surface area is 265 Å². The number of hydrogen-bond donors (Lipinski definition) is 3. The smallest absolute Gasteiger partial charge is 0.335 e. The number of carbonyl (C=O) groups is 2. The maximum atomic E-state index is 10.6. The Bertz CT molecular complexity index is 1940. The standard InChI is InChI=1S/C27H24N4O2.C9H8O4/c1-19(32)17-31-27(25(16-29-31)20-12-14-28-15-13-20)22-7-10-24(11-8-22)33-18-23-9-6-21-4-2-3-5-26(21)30-23;1-5-6(8(10)11)3-2-4-7(5)9(12)13/h2-16,19,32H,17-18H2,1H3;2-4H,1H3,(H,10,11)(H,12,13). The maximum absolute atomic E-state index is 10.6. The molecule has 0 bridgehead atoms. The van der Waals surface area contributed by atoms with Crippen LogP contribution in [0, 0.1) is 6.92 Å². The Morgan fingerprint density at radius 2 is 1.50 bits per heavy atom. The second-order valence-corrected chi connectivity index (χ2v) is 10.6. The Balaban J connectivity index is 0.000000270. The minimum atomic E-state index is -1.11. The van der Waals surface area contributed by atoms with E-state index in [1.807, 2.05) is 77.6 Å². The molecule has 3 N–H and O–H groups in total. The molecular formula is C36H32N4O6. The van der Waals surface area contributed by atoms with Gasteiger partial charge in [-0.1, -0.05) is 30.3 Å². The van der Waals surface area contributed by atoms with Crippen molar-refractivity contribution in [3.63, 3.8) is 0 Å². The quantitative estimate of drug-likeness (QED) is 0.165. The van der Waals surface area contributed by atoms with Gasteiger partial charge in [-0.05, 0) is 85.6 Å². The zero-order valence-electron chi connectivity index (χ0n) is 25.2. The van der Waals surface area contributed by atoms with Crippen molar-refractivity contribution < 1.29 is 29.6 Å². The molecule has 10 heteroatoms. The third-order valence-electron chi connectivity index (χ3n) is 7.23. The van der Waals surface area contributed by atoms with Gasteiger partial charge >= 0.3 is 11.9 Å². The molecule has 1 atom stereocenters. The van der Waals surface area contributed by atoms with E-state index in [9.17, 15) is 14.7 Å². The minimum absolute atomic E-state index is 0.0277. The average molecular weight is 617 g/mol. The number of hydrogen-bond acceptors (Lipinski definition) is 7. The Hall–Kier alpha value is -5.87. The number of rotatable bonds is 9. The lowest BCUT2D eigenvalue weighted by atomic mass is 10.0. The van der Waals surface area contributed by atoms with Crippen LogP contribution in [0.5, 0.6) is 5.75 Å². The molecule has 0 aliphatic rings. The molecule has 6 rings (SSSR count). The van der Waals surface area contributed by atoms with Gasteiger partial charge in [0.2, 0.25) is 0 Å². The van der Waals surface area contributed by atoms with Gasteiger partial charge in [-0.15, -0.1) is 0 Å². The van der Waals surface area contributed by atoms with Gasteiger partial charge in [0.1, 0.15) is 12.4 Å². The highest BCUT2D eigenvalue weighted by Gasteiger charge is 2.16. The van der Waals surface area contributed by atoms with E-state index in [2.05, 4.69) is 21.1 Å². The zero-order chi connectivity index (χ0) is 32.6. The number of aromatic carboxylic acids is 2. The second-order valence-electron chi connectivity index (χ2n) is 10.6. The maximum Gasteiger partial charge on any atom is 0.335 e. The number of aliphatic hydroxyl groups excluding tert-OH is 1. The molecule has 3 aromatic heterocycles. The van der Waals surface area contributed by atoms with Crippen molar-refractivity contribution in [1.82, 2.24) is 19.7 Å². The van der Waals surface area contributed by atoms with Gasteiger partial charge < -0.3 is 20.1 Å². The van der Waals surface area contributed by atoms with Crippen LogP contribution in [0.2, 0.25) is 0 Å². The highest BCUT2D eigenvalue weighted by atomic mass is 16.5. The van der Waals surface area contributed by atoms with Gasteiger partial charge in [0.05, 0.1) is 46.9 Å². The van der Waals surface area contributed by atoms with Crippen LogP contribution in [-0.2, 0) is 13.2 Å². The number of fused-ring (bicyclic) bond motifs is 1. The summed E-state index contributed by atoms with van der Waals surface area (Å²) in [4.78, 5) is 30.0. The largest absolute Gasteiger partial charge is 0.487 e. The molecule has 0 spiro atoms. The molecule has 232 valence electrons. The van der Waals surface area contributed by atoms with Crippen molar-refractivity contribution in [2.75, 3.05) is 0 Å². The topological polar surface area (TPSA) is 148 Å². The van der Waals surface area contributed by atoms with Crippen LogP contribution < -0.4 is 4.74 Å². The summed E-state index contributed by atoms with van der Waals surface area (Å²) in [6, 6.07) is 28.1. The summed E-state index contributed by atoms with van der Waals surface area (Å²) >= 11 is 0. The van der Waals surface area contributed by atoms with Gasteiger partial charge in [0.25, 0.3) is 0 Å². The van der Waals surface area contributed by atoms with E-state index in [0.717, 1.165) is 44.7 Å². The first kappa shape index (κ1) is 31.6. The predicted molar refractivity (Wildman–Crippen MR) is 174 cm³/mol. The number of para-hydroxylation sites is 1. The van der Waals surface area contributed by atoms with E-state index in [-0.39, 0.29) is 16.7 Å². The average Bonchev–Trinajstić information content (AvgIpc) is 3.47. The number of aliphatic hydroxyl groups is 1. The third-order valence-corrected chi connectivity index (χ3v) is 7.23. The van der Waals surface area contributed by atoms with Crippen LogP contribution in [0.1, 0.15) is 38.9 Å². The molecule has 6 aromatic rings. The molecule has 3 heterocycles. The van der Waals surface area contributed by atoms with Crippen LogP contribution in [0.25, 0.3) is 33.3 Å². The molecule has 0 amide bonds. The van der Waals surface area contributed by atoms with Crippen molar-refractivity contribution >= 4 is 22.8 Å². The van der Waals surface area contributed by atoms with Crippen molar-refractivity contribution in [2.45, 2.75) is 33.1 Å². The summed E-state index contributed by atoms with van der Waals surface area (Å²) < 4.78 is 7.83.